The fraction of sp³-hybridized carbons (Fsp3) is 0.381. The number of nitrogens with zero attached hydrogens (tertiary/aromatic N) is 1. The SMILES string of the molecule is O=C(NCc1ccc(C(=O)N2CCC3(CC2)CC3C(=O)O)cc1)c1cccs1. The number of carbonyl (C=O) groups is 3. The van der Waals surface area contributed by atoms with Gasteiger partial charge in [0.25, 0.3) is 11.8 Å². The normalized spacial score (nSPS) is 20.0. The van der Waals surface area contributed by atoms with E-state index in [9.17, 15) is 19.5 Å². The summed E-state index contributed by atoms with van der Waals surface area (Å²) in [6.45, 7) is 1.64. The van der Waals surface area contributed by atoms with E-state index in [2.05, 4.69) is 5.32 Å². The molecule has 1 aromatic heterocycles. The quantitative estimate of drug-likeness (QED) is 0.811. The number of benzene rings is 1. The molecule has 0 bridgehead atoms. The van der Waals surface area contributed by atoms with Gasteiger partial charge in [-0.15, -0.1) is 11.3 Å². The highest BCUT2D eigenvalue weighted by molar-refractivity contribution is 7.12. The molecule has 1 aliphatic carbocycles. The van der Waals surface area contributed by atoms with Crippen LogP contribution in [0, 0.1) is 11.3 Å². The number of carbonyl (C=O) groups excluding carboxylic acids is 2. The van der Waals surface area contributed by atoms with Crippen LogP contribution in [0.25, 0.3) is 0 Å². The maximum Gasteiger partial charge on any atom is 0.307 e. The van der Waals surface area contributed by atoms with Crippen LogP contribution in [0.1, 0.15) is 44.9 Å². The number of thiophene rings is 1. The molecule has 6 nitrogen and oxygen atoms in total. The van der Waals surface area contributed by atoms with Crippen molar-refractivity contribution in [2.24, 2.45) is 11.3 Å². The van der Waals surface area contributed by atoms with E-state index in [0.29, 0.717) is 30.1 Å². The Hall–Kier alpha value is -2.67. The molecule has 2 heterocycles. The molecule has 28 heavy (non-hydrogen) atoms. The van der Waals surface area contributed by atoms with Crippen molar-refractivity contribution in [1.82, 2.24) is 10.2 Å². The third-order valence-electron chi connectivity index (χ3n) is 5.93. The van der Waals surface area contributed by atoms with Gasteiger partial charge in [-0.2, -0.15) is 0 Å². The molecule has 7 heteroatoms. The molecule has 2 aliphatic rings. The zero-order valence-corrected chi connectivity index (χ0v) is 16.2. The Bertz CT molecular complexity index is 884. The van der Waals surface area contributed by atoms with Crippen LogP contribution in [0.3, 0.4) is 0 Å². The summed E-state index contributed by atoms with van der Waals surface area (Å²) >= 11 is 1.40. The van der Waals surface area contributed by atoms with Gasteiger partial charge in [-0.05, 0) is 53.8 Å². The van der Waals surface area contributed by atoms with Crippen molar-refractivity contribution in [2.75, 3.05) is 13.1 Å². The lowest BCUT2D eigenvalue weighted by atomic mass is 9.90. The van der Waals surface area contributed by atoms with Gasteiger partial charge < -0.3 is 15.3 Å². The van der Waals surface area contributed by atoms with Gasteiger partial charge in [0.1, 0.15) is 0 Å². The Labute approximate surface area is 167 Å². The van der Waals surface area contributed by atoms with E-state index >= 15 is 0 Å². The van der Waals surface area contributed by atoms with E-state index in [1.807, 2.05) is 28.5 Å². The van der Waals surface area contributed by atoms with Gasteiger partial charge in [0, 0.05) is 25.2 Å². The maximum absolute atomic E-state index is 12.7. The molecule has 2 aromatic rings. The largest absolute Gasteiger partial charge is 0.481 e. The number of likely N-dealkylation sites (tertiary alicyclic amines) is 1. The summed E-state index contributed by atoms with van der Waals surface area (Å²) in [5, 5.41) is 13.9. The van der Waals surface area contributed by atoms with Gasteiger partial charge in [0.2, 0.25) is 0 Å². The molecule has 1 saturated heterocycles. The van der Waals surface area contributed by atoms with Crippen molar-refractivity contribution in [1.29, 1.82) is 0 Å². The molecule has 2 amide bonds. The first-order valence-electron chi connectivity index (χ1n) is 9.41. The first-order valence-corrected chi connectivity index (χ1v) is 10.3. The summed E-state index contributed by atoms with van der Waals surface area (Å²) in [5.74, 6) is -1.05. The predicted octanol–water partition coefficient (Wildman–Crippen LogP) is 3.01. The predicted molar refractivity (Wildman–Crippen MR) is 105 cm³/mol. The summed E-state index contributed by atoms with van der Waals surface area (Å²) in [6.07, 6.45) is 2.28. The van der Waals surface area contributed by atoms with Crippen molar-refractivity contribution in [3.63, 3.8) is 0 Å². The minimum Gasteiger partial charge on any atom is -0.481 e. The average Bonchev–Trinajstić information content (AvgIpc) is 3.15. The highest BCUT2D eigenvalue weighted by Crippen LogP contribution is 2.59. The fourth-order valence-electron chi connectivity index (χ4n) is 4.03. The second-order valence-corrected chi connectivity index (χ2v) is 8.55. The number of rotatable bonds is 5. The molecule has 2 N–H and O–H groups in total. The molecule has 1 atom stereocenters. The minimum absolute atomic E-state index is 0.0171. The van der Waals surface area contributed by atoms with Gasteiger partial charge in [-0.25, -0.2) is 0 Å². The molecule has 1 aliphatic heterocycles. The van der Waals surface area contributed by atoms with Crippen LogP contribution in [0.15, 0.2) is 41.8 Å². The highest BCUT2D eigenvalue weighted by Gasteiger charge is 2.59. The standard InChI is InChI=1S/C21H22N2O4S/c24-18(17-2-1-11-28-17)22-13-14-3-5-15(6-4-14)19(25)23-9-7-21(8-10-23)12-16(21)20(26)27/h1-6,11,16H,7-10,12-13H2,(H,22,24)(H,26,27). The molecule has 0 radical (unpaired) electrons. The van der Waals surface area contributed by atoms with Crippen LogP contribution in [0.4, 0.5) is 0 Å². The number of nitrogens with one attached hydrogen (secondary N) is 1. The lowest BCUT2D eigenvalue weighted by Crippen LogP contribution is -2.40. The Morgan fingerprint density at radius 1 is 1.14 bits per heavy atom. The zero-order valence-electron chi connectivity index (χ0n) is 15.4. The molecule has 146 valence electrons. The Morgan fingerprint density at radius 3 is 2.43 bits per heavy atom. The van der Waals surface area contributed by atoms with Gasteiger partial charge >= 0.3 is 5.97 Å². The smallest absolute Gasteiger partial charge is 0.307 e. The number of aliphatic carboxylic acids is 1. The average molecular weight is 398 g/mol. The lowest BCUT2D eigenvalue weighted by Gasteiger charge is -2.32. The van der Waals surface area contributed by atoms with Gasteiger partial charge in [-0.1, -0.05) is 18.2 Å². The van der Waals surface area contributed by atoms with Crippen LogP contribution >= 0.6 is 11.3 Å². The number of carboxylic acids is 1. The zero-order chi connectivity index (χ0) is 19.7. The first kappa shape index (κ1) is 18.7. The number of piperidine rings is 1. The summed E-state index contributed by atoms with van der Waals surface area (Å²) < 4.78 is 0. The Morgan fingerprint density at radius 2 is 1.86 bits per heavy atom. The number of hydrogen-bond acceptors (Lipinski definition) is 4. The summed E-state index contributed by atoms with van der Waals surface area (Å²) in [6, 6.07) is 10.9. The van der Waals surface area contributed by atoms with Gasteiger partial charge in [-0.3, -0.25) is 14.4 Å². The third kappa shape index (κ3) is 3.67. The number of carboxylic acid groups (broad SMARTS) is 1. The molecule has 1 saturated carbocycles. The molecule has 1 spiro atoms. The molecule has 4 rings (SSSR count). The van der Waals surface area contributed by atoms with Crippen molar-refractivity contribution in [2.45, 2.75) is 25.8 Å². The second kappa shape index (κ2) is 7.39. The van der Waals surface area contributed by atoms with Gasteiger partial charge in [0.05, 0.1) is 10.8 Å². The molecule has 2 fully saturated rings. The van der Waals surface area contributed by atoms with Crippen LogP contribution in [-0.4, -0.2) is 40.9 Å². The Kier molecular flexibility index (Phi) is 4.93. The van der Waals surface area contributed by atoms with E-state index in [4.69, 9.17) is 0 Å². The van der Waals surface area contributed by atoms with Crippen molar-refractivity contribution < 1.29 is 19.5 Å². The summed E-state index contributed by atoms with van der Waals surface area (Å²) in [5.41, 5.74) is 1.48. The monoisotopic (exact) mass is 398 g/mol. The third-order valence-corrected chi connectivity index (χ3v) is 6.80. The minimum atomic E-state index is -0.707. The van der Waals surface area contributed by atoms with Crippen molar-refractivity contribution >= 4 is 29.1 Å². The van der Waals surface area contributed by atoms with E-state index in [0.717, 1.165) is 24.8 Å². The first-order chi connectivity index (χ1) is 13.5. The van der Waals surface area contributed by atoms with Crippen LogP contribution < -0.4 is 5.32 Å². The van der Waals surface area contributed by atoms with E-state index in [1.165, 1.54) is 11.3 Å². The van der Waals surface area contributed by atoms with Crippen LogP contribution in [-0.2, 0) is 11.3 Å². The second-order valence-electron chi connectivity index (χ2n) is 7.61. The Balaban J connectivity index is 1.30. The summed E-state index contributed by atoms with van der Waals surface area (Å²) in [4.78, 5) is 38.4. The molecule has 1 aromatic carbocycles. The maximum atomic E-state index is 12.7. The number of amides is 2. The van der Waals surface area contributed by atoms with E-state index < -0.39 is 5.97 Å². The van der Waals surface area contributed by atoms with Crippen molar-refractivity contribution in [3.05, 3.63) is 57.8 Å². The van der Waals surface area contributed by atoms with Crippen LogP contribution in [0.2, 0.25) is 0 Å². The molecular formula is C21H22N2O4S. The van der Waals surface area contributed by atoms with Gasteiger partial charge in [0.15, 0.2) is 0 Å². The van der Waals surface area contributed by atoms with E-state index in [1.54, 1.807) is 18.2 Å². The van der Waals surface area contributed by atoms with Crippen LogP contribution in [0.5, 0.6) is 0 Å². The topological polar surface area (TPSA) is 86.7 Å². The fourth-order valence-corrected chi connectivity index (χ4v) is 4.67. The number of hydrogen-bond donors (Lipinski definition) is 2. The highest BCUT2D eigenvalue weighted by atomic mass is 32.1. The lowest BCUT2D eigenvalue weighted by molar-refractivity contribution is -0.139. The summed E-state index contributed by atoms with van der Waals surface area (Å²) in [7, 11) is 0. The van der Waals surface area contributed by atoms with E-state index in [-0.39, 0.29) is 23.1 Å². The van der Waals surface area contributed by atoms with Crippen molar-refractivity contribution in [3.8, 4) is 0 Å². The molecule has 1 unspecified atom stereocenters. The molecular weight excluding hydrogens is 376 g/mol.